The molecule has 0 aliphatic carbocycles. The molecule has 0 unspecified atom stereocenters. The van der Waals surface area contributed by atoms with Crippen LogP contribution in [0.15, 0.2) is 53.2 Å². The van der Waals surface area contributed by atoms with Gasteiger partial charge < -0.3 is 5.32 Å². The summed E-state index contributed by atoms with van der Waals surface area (Å²) < 4.78 is 2.64. The lowest BCUT2D eigenvalue weighted by Crippen LogP contribution is -2.24. The molecule has 0 saturated carbocycles. The Morgan fingerprint density at radius 2 is 2.04 bits per heavy atom. The molecule has 0 bridgehead atoms. The van der Waals surface area contributed by atoms with Crippen LogP contribution in [0.3, 0.4) is 0 Å². The molecular formula is C18H12N6OS2. The summed E-state index contributed by atoms with van der Waals surface area (Å²) in [6, 6.07) is 13.5. The van der Waals surface area contributed by atoms with Crippen molar-refractivity contribution in [3.63, 3.8) is 0 Å². The van der Waals surface area contributed by atoms with Gasteiger partial charge in [0.15, 0.2) is 16.5 Å². The highest BCUT2D eigenvalue weighted by atomic mass is 32.1. The second-order valence-corrected chi connectivity index (χ2v) is 7.60. The first kappa shape index (κ1) is 16.0. The van der Waals surface area contributed by atoms with Crippen LogP contribution in [0.4, 0.5) is 0 Å². The zero-order chi connectivity index (χ0) is 18.2. The Kier molecular flexibility index (Phi) is 3.88. The van der Waals surface area contributed by atoms with E-state index in [1.165, 1.54) is 11.3 Å². The highest BCUT2D eigenvalue weighted by Gasteiger charge is 2.14. The number of carbonyl (C=O) groups excluding carboxylic acids is 1. The summed E-state index contributed by atoms with van der Waals surface area (Å²) in [5.74, 6) is 0.332. The number of thiazole rings is 1. The fourth-order valence-electron chi connectivity index (χ4n) is 2.71. The van der Waals surface area contributed by atoms with E-state index in [-0.39, 0.29) is 12.5 Å². The lowest BCUT2D eigenvalue weighted by Gasteiger charge is -2.03. The molecule has 1 aromatic carbocycles. The number of aromatic nitrogens is 5. The topological polar surface area (TPSA) is 85.1 Å². The normalized spacial score (nSPS) is 11.3. The Labute approximate surface area is 161 Å². The van der Waals surface area contributed by atoms with Crippen LogP contribution < -0.4 is 5.32 Å². The number of thiophene rings is 1. The first-order chi connectivity index (χ1) is 13.3. The number of fused-ring (bicyclic) bond motifs is 2. The van der Waals surface area contributed by atoms with Crippen LogP contribution in [0.1, 0.15) is 15.6 Å². The molecule has 4 aromatic heterocycles. The van der Waals surface area contributed by atoms with Crippen LogP contribution in [0.25, 0.3) is 27.1 Å². The Balaban J connectivity index is 1.39. The van der Waals surface area contributed by atoms with E-state index in [0.717, 1.165) is 21.5 Å². The first-order valence-electron chi connectivity index (χ1n) is 8.15. The number of carbonyl (C=O) groups is 1. The van der Waals surface area contributed by atoms with Gasteiger partial charge in [-0.2, -0.15) is 21.0 Å². The van der Waals surface area contributed by atoms with Gasteiger partial charge in [-0.1, -0.05) is 12.1 Å². The van der Waals surface area contributed by atoms with Crippen molar-refractivity contribution in [2.24, 2.45) is 0 Å². The van der Waals surface area contributed by atoms with Crippen molar-refractivity contribution in [3.8, 4) is 11.3 Å². The maximum Gasteiger partial charge on any atom is 0.280 e. The summed E-state index contributed by atoms with van der Waals surface area (Å²) in [7, 11) is 0. The smallest absolute Gasteiger partial charge is 0.280 e. The van der Waals surface area contributed by atoms with Gasteiger partial charge in [-0.25, -0.2) is 4.98 Å². The fraction of sp³-hybridized carbons (Fsp3) is 0.0556. The Hall–Kier alpha value is -3.17. The highest BCUT2D eigenvalue weighted by Crippen LogP contribution is 2.22. The molecule has 0 aliphatic heterocycles. The molecule has 0 aliphatic rings. The third-order valence-corrected chi connectivity index (χ3v) is 5.76. The van der Waals surface area contributed by atoms with Gasteiger partial charge in [0.25, 0.3) is 5.91 Å². The lowest BCUT2D eigenvalue weighted by atomic mass is 10.2. The molecule has 27 heavy (non-hydrogen) atoms. The summed E-state index contributed by atoms with van der Waals surface area (Å²) in [4.78, 5) is 16.8. The van der Waals surface area contributed by atoms with Crippen LogP contribution in [-0.2, 0) is 6.54 Å². The number of hydrogen-bond acceptors (Lipinski definition) is 7. The van der Waals surface area contributed by atoms with Crippen LogP contribution in [-0.4, -0.2) is 30.7 Å². The van der Waals surface area contributed by atoms with Gasteiger partial charge in [0, 0.05) is 10.9 Å². The van der Waals surface area contributed by atoms with Gasteiger partial charge >= 0.3 is 0 Å². The van der Waals surface area contributed by atoms with Gasteiger partial charge in [-0.05, 0) is 35.7 Å². The molecule has 5 rings (SSSR count). The van der Waals surface area contributed by atoms with E-state index in [4.69, 9.17) is 0 Å². The quantitative estimate of drug-likeness (QED) is 0.507. The largest absolute Gasteiger partial charge is 0.343 e. The monoisotopic (exact) mass is 392 g/mol. The van der Waals surface area contributed by atoms with Crippen molar-refractivity contribution in [3.05, 3.63) is 64.1 Å². The number of nitrogens with zero attached hydrogens (tertiary/aromatic N) is 5. The minimum absolute atomic E-state index is 0.218. The average molecular weight is 392 g/mol. The molecule has 0 saturated heterocycles. The van der Waals surface area contributed by atoms with Crippen LogP contribution in [0.2, 0.25) is 0 Å². The SMILES string of the molecule is O=C(NCc1nnc2ccc(-c3ccsc3)nn12)c1nc2ccccc2s1. The van der Waals surface area contributed by atoms with E-state index in [1.807, 2.05) is 53.2 Å². The van der Waals surface area contributed by atoms with Gasteiger partial charge in [0.05, 0.1) is 22.5 Å². The standard InChI is InChI=1S/C18H12N6OS2/c25-17(18-20-13-3-1-2-4-14(13)27-18)19-9-16-22-21-15-6-5-12(23-24(15)16)11-7-8-26-10-11/h1-8,10H,9H2,(H,19,25). The van der Waals surface area contributed by atoms with Crippen molar-refractivity contribution in [1.82, 2.24) is 30.1 Å². The van der Waals surface area contributed by atoms with Gasteiger partial charge in [0.1, 0.15) is 0 Å². The summed E-state index contributed by atoms with van der Waals surface area (Å²) in [6.07, 6.45) is 0. The minimum atomic E-state index is -0.234. The molecule has 1 amide bonds. The predicted octanol–water partition coefficient (Wildman–Crippen LogP) is 3.39. The van der Waals surface area contributed by atoms with Crippen LogP contribution >= 0.6 is 22.7 Å². The fourth-order valence-corrected chi connectivity index (χ4v) is 4.24. The molecule has 1 N–H and O–H groups in total. The van der Waals surface area contributed by atoms with Gasteiger partial charge in [-0.15, -0.1) is 21.5 Å². The number of amides is 1. The van der Waals surface area contributed by atoms with E-state index in [1.54, 1.807) is 15.9 Å². The van der Waals surface area contributed by atoms with E-state index in [0.29, 0.717) is 16.5 Å². The van der Waals surface area contributed by atoms with Crippen LogP contribution in [0, 0.1) is 0 Å². The van der Waals surface area contributed by atoms with Crippen molar-refractivity contribution in [2.75, 3.05) is 0 Å². The summed E-state index contributed by atoms with van der Waals surface area (Å²) in [5.41, 5.74) is 3.34. The molecular weight excluding hydrogens is 380 g/mol. The molecule has 132 valence electrons. The molecule has 5 aromatic rings. The maximum atomic E-state index is 12.5. The molecule has 9 heteroatoms. The first-order valence-corrected chi connectivity index (χ1v) is 9.91. The number of rotatable bonds is 4. The zero-order valence-electron chi connectivity index (χ0n) is 13.9. The minimum Gasteiger partial charge on any atom is -0.343 e. The molecule has 4 heterocycles. The average Bonchev–Trinajstić information content (AvgIpc) is 3.44. The second-order valence-electron chi connectivity index (χ2n) is 5.79. The Bertz CT molecular complexity index is 1220. The molecule has 7 nitrogen and oxygen atoms in total. The number of para-hydroxylation sites is 1. The summed E-state index contributed by atoms with van der Waals surface area (Å²) in [5, 5.41) is 20.2. The van der Waals surface area contributed by atoms with E-state index < -0.39 is 0 Å². The Morgan fingerprint density at radius 1 is 1.11 bits per heavy atom. The number of nitrogens with one attached hydrogen (secondary N) is 1. The summed E-state index contributed by atoms with van der Waals surface area (Å²) >= 11 is 2.98. The molecule has 0 atom stereocenters. The molecule has 0 radical (unpaired) electrons. The van der Waals surface area contributed by atoms with Crippen LogP contribution in [0.5, 0.6) is 0 Å². The van der Waals surface area contributed by atoms with Gasteiger partial charge in [-0.3, -0.25) is 4.79 Å². The van der Waals surface area contributed by atoms with Crippen molar-refractivity contribution in [1.29, 1.82) is 0 Å². The zero-order valence-corrected chi connectivity index (χ0v) is 15.5. The maximum absolute atomic E-state index is 12.5. The lowest BCUT2D eigenvalue weighted by molar-refractivity contribution is 0.0949. The summed E-state index contributed by atoms with van der Waals surface area (Å²) in [6.45, 7) is 0.218. The second kappa shape index (κ2) is 6.53. The van der Waals surface area contributed by atoms with E-state index in [2.05, 4.69) is 25.6 Å². The number of hydrogen-bond donors (Lipinski definition) is 1. The van der Waals surface area contributed by atoms with E-state index in [9.17, 15) is 4.79 Å². The third-order valence-electron chi connectivity index (χ3n) is 4.04. The number of benzene rings is 1. The van der Waals surface area contributed by atoms with Crippen molar-refractivity contribution < 1.29 is 4.79 Å². The predicted molar refractivity (Wildman–Crippen MR) is 105 cm³/mol. The molecule has 0 fully saturated rings. The van der Waals surface area contributed by atoms with Crippen molar-refractivity contribution in [2.45, 2.75) is 6.54 Å². The van der Waals surface area contributed by atoms with Crippen molar-refractivity contribution >= 4 is 44.4 Å². The molecule has 0 spiro atoms. The Morgan fingerprint density at radius 3 is 2.89 bits per heavy atom. The van der Waals surface area contributed by atoms with E-state index >= 15 is 0 Å². The van der Waals surface area contributed by atoms with Gasteiger partial charge in [0.2, 0.25) is 0 Å². The highest BCUT2D eigenvalue weighted by molar-refractivity contribution is 7.20. The third kappa shape index (κ3) is 2.96.